The van der Waals surface area contributed by atoms with Crippen molar-refractivity contribution in [2.24, 2.45) is 23.7 Å². The second kappa shape index (κ2) is 26.3. The summed E-state index contributed by atoms with van der Waals surface area (Å²) in [6, 6.07) is 16.8. The molecule has 2 heterocycles. The number of nitrogens with one attached hydrogen (secondary N) is 3. The minimum absolute atomic E-state index is 0.0129. The van der Waals surface area contributed by atoms with Crippen LogP contribution in [0.1, 0.15) is 91.6 Å². The van der Waals surface area contributed by atoms with Gasteiger partial charge in [-0.2, -0.15) is 13.2 Å². The van der Waals surface area contributed by atoms with Crippen LogP contribution in [0.2, 0.25) is 0 Å². The Bertz CT molecular complexity index is 2020. The lowest BCUT2D eigenvalue weighted by molar-refractivity contribution is -0.192. The van der Waals surface area contributed by atoms with Gasteiger partial charge in [0, 0.05) is 38.8 Å². The van der Waals surface area contributed by atoms with Crippen molar-refractivity contribution in [3.8, 4) is 11.5 Å². The summed E-state index contributed by atoms with van der Waals surface area (Å²) in [4.78, 5) is 68.3. The van der Waals surface area contributed by atoms with Crippen LogP contribution in [-0.2, 0) is 39.9 Å². The number of benzene rings is 2. The normalized spacial score (nSPS) is 17.7. The van der Waals surface area contributed by atoms with E-state index in [1.165, 1.54) is 0 Å². The van der Waals surface area contributed by atoms with Crippen molar-refractivity contribution in [1.82, 2.24) is 35.9 Å². The predicted molar refractivity (Wildman–Crippen MR) is 245 cm³/mol. The Morgan fingerprint density at radius 3 is 2.00 bits per heavy atom. The smallest absolute Gasteiger partial charge is 0.475 e. The number of rotatable bonds is 22. The maximum atomic E-state index is 14.4. The molecule has 3 aromatic rings. The topological polar surface area (TPSA) is 206 Å². The number of alkyl halides is 3. The number of nitrogens with zero attached hydrogens (tertiary/aromatic N) is 4. The highest BCUT2D eigenvalue weighted by Gasteiger charge is 2.44. The zero-order chi connectivity index (χ0) is 50.2. The second-order valence-corrected chi connectivity index (χ2v) is 17.7. The average molecular weight is 946 g/mol. The van der Waals surface area contributed by atoms with Gasteiger partial charge in [-0.3, -0.25) is 29.4 Å². The molecule has 0 spiro atoms. The second-order valence-electron chi connectivity index (χ2n) is 17.7. The lowest BCUT2D eigenvalue weighted by Crippen LogP contribution is -2.60. The number of carbonyl (C=O) groups excluding carboxylic acids is 4. The fourth-order valence-electron chi connectivity index (χ4n) is 8.80. The lowest BCUT2D eigenvalue weighted by atomic mass is 9.87. The summed E-state index contributed by atoms with van der Waals surface area (Å²) in [7, 11) is 6.76. The first-order valence-electron chi connectivity index (χ1n) is 22.7. The van der Waals surface area contributed by atoms with E-state index < -0.39 is 48.4 Å². The monoisotopic (exact) mass is 946 g/mol. The number of likely N-dealkylation sites (tertiary alicyclic amines) is 1. The molecule has 1 aromatic heterocycles. The Balaban J connectivity index is 0.00000157. The van der Waals surface area contributed by atoms with Crippen molar-refractivity contribution >= 4 is 29.6 Å². The highest BCUT2D eigenvalue weighted by Crippen LogP contribution is 2.31. The summed E-state index contributed by atoms with van der Waals surface area (Å²) in [5, 5.41) is 24.6. The molecule has 0 saturated carbocycles. The van der Waals surface area contributed by atoms with Crippen LogP contribution in [0, 0.1) is 23.7 Å². The maximum absolute atomic E-state index is 14.4. The molecule has 1 aliphatic heterocycles. The van der Waals surface area contributed by atoms with Crippen molar-refractivity contribution in [3.63, 3.8) is 0 Å². The Kier molecular flexibility index (Phi) is 22.1. The van der Waals surface area contributed by atoms with Crippen LogP contribution in [0.25, 0.3) is 11.5 Å². The van der Waals surface area contributed by atoms with Crippen molar-refractivity contribution in [3.05, 3.63) is 72.1 Å². The van der Waals surface area contributed by atoms with Crippen LogP contribution in [0.15, 0.2) is 65.1 Å². The molecule has 9 atom stereocenters. The number of likely N-dealkylation sites (N-methyl/N-ethyl adjacent to an activating group) is 2. The van der Waals surface area contributed by atoms with E-state index in [1.807, 2.05) is 112 Å². The van der Waals surface area contributed by atoms with E-state index in [9.17, 15) is 32.3 Å². The molecule has 4 amide bonds. The SMILES string of the molecule is CC[C@H](C)[C@@H]([C@@H](CC(=O)N1CCC[C@H]1[C@H](OC)[C@@H](C)C(=O)N[C@H](Cc1ccccc1)c1nnc(-c2ccccc2)o1)OC)N(C)[C@H](C(=O)NC(=O)[C@@H](NC)C(C)C)C(C)C.O=C(O)C(F)(F)F. The number of aliphatic carboxylic acids is 1. The molecule has 67 heavy (non-hydrogen) atoms. The van der Waals surface area contributed by atoms with Gasteiger partial charge in [-0.15, -0.1) is 10.2 Å². The number of amides is 4. The van der Waals surface area contributed by atoms with Crippen LogP contribution >= 0.6 is 0 Å². The third kappa shape index (κ3) is 15.7. The van der Waals surface area contributed by atoms with Crippen LogP contribution in [0.3, 0.4) is 0 Å². The van der Waals surface area contributed by atoms with Gasteiger partial charge in [-0.05, 0) is 62.4 Å². The largest absolute Gasteiger partial charge is 0.490 e. The van der Waals surface area contributed by atoms with Crippen LogP contribution < -0.4 is 16.0 Å². The zero-order valence-electron chi connectivity index (χ0n) is 40.5. The average Bonchev–Trinajstić information content (AvgIpc) is 3.98. The van der Waals surface area contributed by atoms with E-state index >= 15 is 0 Å². The van der Waals surface area contributed by atoms with E-state index in [2.05, 4.69) is 40.0 Å². The van der Waals surface area contributed by atoms with Crippen molar-refractivity contribution < 1.29 is 56.1 Å². The quantitative estimate of drug-likeness (QED) is 0.0904. The van der Waals surface area contributed by atoms with Crippen molar-refractivity contribution in [2.45, 2.75) is 129 Å². The number of carboxylic acid groups (broad SMARTS) is 1. The first-order valence-corrected chi connectivity index (χ1v) is 22.7. The van der Waals surface area contributed by atoms with E-state index in [0.29, 0.717) is 25.3 Å². The number of hydrogen-bond acceptors (Lipinski definition) is 12. The summed E-state index contributed by atoms with van der Waals surface area (Å²) < 4.78 is 50.1. The first kappa shape index (κ1) is 56.1. The highest BCUT2D eigenvalue weighted by molar-refractivity contribution is 6.00. The summed E-state index contributed by atoms with van der Waals surface area (Å²) >= 11 is 0. The molecule has 0 aliphatic carbocycles. The Morgan fingerprint density at radius 1 is 0.896 bits per heavy atom. The Hall–Kier alpha value is -5.24. The first-order chi connectivity index (χ1) is 31.6. The van der Waals surface area contributed by atoms with E-state index in [1.54, 1.807) is 21.3 Å². The van der Waals surface area contributed by atoms with Crippen molar-refractivity contribution in [1.29, 1.82) is 0 Å². The maximum Gasteiger partial charge on any atom is 0.490 e. The Labute approximate surface area is 392 Å². The molecule has 1 aliphatic rings. The molecule has 372 valence electrons. The van der Waals surface area contributed by atoms with Gasteiger partial charge in [0.25, 0.3) is 0 Å². The summed E-state index contributed by atoms with van der Waals surface area (Å²) in [5.41, 5.74) is 1.77. The molecule has 0 bridgehead atoms. The zero-order valence-corrected chi connectivity index (χ0v) is 40.5. The number of hydrogen-bond donors (Lipinski definition) is 4. The number of imide groups is 1. The van der Waals surface area contributed by atoms with Crippen LogP contribution in [-0.4, -0.2) is 132 Å². The minimum Gasteiger partial charge on any atom is -0.475 e. The van der Waals surface area contributed by atoms with Gasteiger partial charge in [-0.25, -0.2) is 4.79 Å². The molecular formula is C48H70F3N7O9. The fourth-order valence-corrected chi connectivity index (χ4v) is 8.80. The fraction of sp³-hybridized carbons (Fsp3) is 0.604. The number of carboxylic acids is 1. The van der Waals surface area contributed by atoms with E-state index in [0.717, 1.165) is 24.0 Å². The highest BCUT2D eigenvalue weighted by atomic mass is 19.4. The number of ether oxygens (including phenoxy) is 2. The molecular weight excluding hydrogens is 876 g/mol. The molecule has 0 radical (unpaired) electrons. The number of halogens is 3. The third-order valence-corrected chi connectivity index (χ3v) is 12.4. The number of aromatic nitrogens is 2. The van der Waals surface area contributed by atoms with Gasteiger partial charge in [0.1, 0.15) is 6.04 Å². The molecule has 19 heteroatoms. The molecule has 2 aromatic carbocycles. The molecule has 1 fully saturated rings. The number of methoxy groups -OCH3 is 2. The van der Waals surface area contributed by atoms with Crippen LogP contribution in [0.5, 0.6) is 0 Å². The molecule has 4 rings (SSSR count). The van der Waals surface area contributed by atoms with E-state index in [4.69, 9.17) is 23.8 Å². The number of carbonyl (C=O) groups is 5. The van der Waals surface area contributed by atoms with Gasteiger partial charge < -0.3 is 34.5 Å². The van der Waals surface area contributed by atoms with Gasteiger partial charge in [-0.1, -0.05) is 103 Å². The Morgan fingerprint density at radius 2 is 1.49 bits per heavy atom. The summed E-state index contributed by atoms with van der Waals surface area (Å²) in [6.07, 6.45) is -3.58. The summed E-state index contributed by atoms with van der Waals surface area (Å²) in [6.45, 7) is 14.3. The van der Waals surface area contributed by atoms with Gasteiger partial charge in [0.2, 0.25) is 35.4 Å². The molecule has 1 saturated heterocycles. The molecule has 16 nitrogen and oxygen atoms in total. The molecule has 0 unspecified atom stereocenters. The summed E-state index contributed by atoms with van der Waals surface area (Å²) in [5.74, 6) is -4.01. The lowest BCUT2D eigenvalue weighted by Gasteiger charge is -2.43. The minimum atomic E-state index is -5.08. The standard InChI is InChI=1S/C46H69N7O7.C2HF3O2/c1-12-30(6)40(52(9)39(29(4)5)44(57)49-43(56)38(47-8)28(2)3)36(58-10)27-37(54)53-25-19-24-35(53)41(59-11)31(7)42(55)48-34(26-32-20-15-13-16-21-32)46-51-50-45(60-46)33-22-17-14-18-23-33;3-2(4,5)1(6)7/h13-18,20-23,28-31,34-36,38-41,47H,12,19,24-27H2,1-11H3,(H,48,55)(H,49,56,57);(H,6,7)/t30-,31+,34+,35-,36+,38-,39-,40-,41+;/m0./s1. The molecule has 4 N–H and O–H groups in total. The van der Waals surface area contributed by atoms with Crippen molar-refractivity contribution in [2.75, 3.05) is 34.9 Å². The third-order valence-electron chi connectivity index (χ3n) is 12.4. The van der Waals surface area contributed by atoms with Gasteiger partial charge >= 0.3 is 12.1 Å². The van der Waals surface area contributed by atoms with Gasteiger partial charge in [0.05, 0.1) is 42.7 Å². The van der Waals surface area contributed by atoms with E-state index in [-0.39, 0.29) is 65.8 Å². The van der Waals surface area contributed by atoms with Gasteiger partial charge in [0.15, 0.2) is 0 Å². The van der Waals surface area contributed by atoms with Crippen LogP contribution in [0.4, 0.5) is 13.2 Å². The predicted octanol–water partition coefficient (Wildman–Crippen LogP) is 6.08.